The van der Waals surface area contributed by atoms with Gasteiger partial charge in [-0.05, 0) is 62.1 Å². The van der Waals surface area contributed by atoms with Crippen LogP contribution in [0.2, 0.25) is 0 Å². The van der Waals surface area contributed by atoms with Crippen molar-refractivity contribution in [3.8, 4) is 0 Å². The number of carbonyl (C=O) groups excluding carboxylic acids is 1. The molecule has 0 atom stereocenters. The summed E-state index contributed by atoms with van der Waals surface area (Å²) >= 11 is 0. The Hall–Kier alpha value is -2.29. The highest BCUT2D eigenvalue weighted by Gasteiger charge is 2.37. The summed E-state index contributed by atoms with van der Waals surface area (Å²) in [5, 5.41) is 2.56. The van der Waals surface area contributed by atoms with Gasteiger partial charge in [-0.15, -0.1) is 0 Å². The first-order chi connectivity index (χ1) is 13.6. The summed E-state index contributed by atoms with van der Waals surface area (Å²) in [7, 11) is -3.74. The molecule has 0 aliphatic carbocycles. The summed E-state index contributed by atoms with van der Waals surface area (Å²) < 4.78 is 42.0. The third-order valence-electron chi connectivity index (χ3n) is 5.20. The number of halogens is 1. The Kier molecular flexibility index (Phi) is 6.07. The third kappa shape index (κ3) is 4.66. The quantitative estimate of drug-likeness (QED) is 0.810. The smallest absolute Gasteiger partial charge is 0.282 e. The van der Waals surface area contributed by atoms with Crippen molar-refractivity contribution in [2.24, 2.45) is 0 Å². The highest BCUT2D eigenvalue weighted by molar-refractivity contribution is 7.87. The number of benzene rings is 2. The lowest BCUT2D eigenvalue weighted by Crippen LogP contribution is -2.38. The number of nitrogens with one attached hydrogen (secondary N) is 1. The highest BCUT2D eigenvalue weighted by Crippen LogP contribution is 2.24. The van der Waals surface area contributed by atoms with Crippen molar-refractivity contribution >= 4 is 21.8 Å². The molecule has 0 spiro atoms. The molecule has 1 amide bonds. The Bertz CT molecular complexity index is 1030. The predicted octanol–water partition coefficient (Wildman–Crippen LogP) is 3.06. The average molecular weight is 420 g/mol. The van der Waals surface area contributed by atoms with Crippen molar-refractivity contribution in [1.82, 2.24) is 8.61 Å². The molecule has 0 aromatic heterocycles. The maximum atomic E-state index is 13.6. The number of rotatable bonds is 5. The van der Waals surface area contributed by atoms with E-state index >= 15 is 0 Å². The van der Waals surface area contributed by atoms with Crippen LogP contribution in [0, 0.1) is 33.5 Å². The Labute approximate surface area is 171 Å². The molecule has 29 heavy (non-hydrogen) atoms. The first kappa shape index (κ1) is 21.4. The monoisotopic (exact) mass is 419 g/mol. The molecule has 1 aliphatic rings. The molecule has 1 heterocycles. The number of hydrogen-bond acceptors (Lipinski definition) is 3. The second kappa shape index (κ2) is 8.22. The zero-order chi connectivity index (χ0) is 21.3. The number of hydrogen-bond donors (Lipinski definition) is 1. The summed E-state index contributed by atoms with van der Waals surface area (Å²) in [6, 6.07) is 8.45. The van der Waals surface area contributed by atoms with Crippen LogP contribution in [0.1, 0.15) is 27.8 Å². The van der Waals surface area contributed by atoms with Gasteiger partial charge in [-0.2, -0.15) is 17.0 Å². The molecule has 2 aromatic carbocycles. The SMILES string of the molecule is Cc1cc(C)c(CN2CCN(CC(=O)Nc3ccc(C)c(F)c3)S2(=O)=O)c(C)c1. The Balaban J connectivity index is 1.68. The second-order valence-corrected chi connectivity index (χ2v) is 9.49. The van der Waals surface area contributed by atoms with Crippen LogP contribution in [0.5, 0.6) is 0 Å². The second-order valence-electron chi connectivity index (χ2n) is 7.56. The molecular formula is C21H26FN3O3S. The molecule has 0 unspecified atom stereocenters. The van der Waals surface area contributed by atoms with Gasteiger partial charge < -0.3 is 5.32 Å². The van der Waals surface area contributed by atoms with Crippen LogP contribution in [0.15, 0.2) is 30.3 Å². The van der Waals surface area contributed by atoms with Crippen LogP contribution in [-0.2, 0) is 21.5 Å². The van der Waals surface area contributed by atoms with Crippen LogP contribution in [-0.4, -0.2) is 42.6 Å². The lowest BCUT2D eigenvalue weighted by Gasteiger charge is -2.20. The van der Waals surface area contributed by atoms with Gasteiger partial charge in [0.15, 0.2) is 0 Å². The van der Waals surface area contributed by atoms with E-state index in [2.05, 4.69) is 5.32 Å². The van der Waals surface area contributed by atoms with E-state index in [4.69, 9.17) is 0 Å². The van der Waals surface area contributed by atoms with Crippen LogP contribution in [0.25, 0.3) is 0 Å². The molecular weight excluding hydrogens is 393 g/mol. The van der Waals surface area contributed by atoms with E-state index in [9.17, 15) is 17.6 Å². The minimum absolute atomic E-state index is 0.238. The van der Waals surface area contributed by atoms with Crippen molar-refractivity contribution in [3.05, 3.63) is 64.0 Å². The first-order valence-corrected chi connectivity index (χ1v) is 10.9. The summed E-state index contributed by atoms with van der Waals surface area (Å²) in [4.78, 5) is 12.3. The van der Waals surface area contributed by atoms with E-state index < -0.39 is 21.9 Å². The van der Waals surface area contributed by atoms with Gasteiger partial charge in [0.1, 0.15) is 5.82 Å². The first-order valence-electron chi connectivity index (χ1n) is 9.46. The van der Waals surface area contributed by atoms with Gasteiger partial charge in [-0.25, -0.2) is 4.39 Å². The van der Waals surface area contributed by atoms with E-state index in [0.29, 0.717) is 17.8 Å². The molecule has 156 valence electrons. The Morgan fingerprint density at radius 1 is 1.00 bits per heavy atom. The maximum absolute atomic E-state index is 13.6. The fraction of sp³-hybridized carbons (Fsp3) is 0.381. The maximum Gasteiger partial charge on any atom is 0.282 e. The molecule has 1 N–H and O–H groups in total. The molecule has 6 nitrogen and oxygen atoms in total. The zero-order valence-electron chi connectivity index (χ0n) is 17.1. The van der Waals surface area contributed by atoms with Crippen molar-refractivity contribution in [2.75, 3.05) is 25.0 Å². The topological polar surface area (TPSA) is 69.7 Å². The fourth-order valence-electron chi connectivity index (χ4n) is 3.61. The number of carbonyl (C=O) groups is 1. The average Bonchev–Trinajstić information content (AvgIpc) is 2.88. The molecule has 3 rings (SSSR count). The summed E-state index contributed by atoms with van der Waals surface area (Å²) in [6.45, 7) is 8.12. The van der Waals surface area contributed by atoms with E-state index in [1.54, 1.807) is 19.1 Å². The van der Waals surface area contributed by atoms with Gasteiger partial charge in [0, 0.05) is 25.3 Å². The van der Waals surface area contributed by atoms with Crippen LogP contribution < -0.4 is 5.32 Å². The van der Waals surface area contributed by atoms with Crippen LogP contribution in [0.3, 0.4) is 0 Å². The minimum atomic E-state index is -3.74. The predicted molar refractivity (Wildman–Crippen MR) is 111 cm³/mol. The van der Waals surface area contributed by atoms with Crippen molar-refractivity contribution < 1.29 is 17.6 Å². The van der Waals surface area contributed by atoms with E-state index in [-0.39, 0.29) is 19.6 Å². The van der Waals surface area contributed by atoms with Crippen molar-refractivity contribution in [1.29, 1.82) is 0 Å². The van der Waals surface area contributed by atoms with E-state index in [0.717, 1.165) is 26.6 Å². The van der Waals surface area contributed by atoms with Gasteiger partial charge in [-0.3, -0.25) is 4.79 Å². The molecule has 0 bridgehead atoms. The van der Waals surface area contributed by atoms with Gasteiger partial charge in [-0.1, -0.05) is 23.8 Å². The number of anilines is 1. The molecule has 8 heteroatoms. The lowest BCUT2D eigenvalue weighted by atomic mass is 10.00. The van der Waals surface area contributed by atoms with Crippen molar-refractivity contribution in [2.45, 2.75) is 34.2 Å². The molecule has 1 saturated heterocycles. The standard InChI is InChI=1S/C21H26FN3O3S/c1-14-9-16(3)19(17(4)10-14)12-24-7-8-25(29(24,27)28)13-21(26)23-18-6-5-15(2)20(22)11-18/h5-6,9-11H,7-8,12-13H2,1-4H3,(H,23,26). The van der Waals surface area contributed by atoms with Gasteiger partial charge in [0.2, 0.25) is 5.91 Å². The van der Waals surface area contributed by atoms with E-state index in [1.807, 2.05) is 32.9 Å². The van der Waals surface area contributed by atoms with Gasteiger partial charge >= 0.3 is 0 Å². The fourth-order valence-corrected chi connectivity index (χ4v) is 5.13. The highest BCUT2D eigenvalue weighted by atomic mass is 32.2. The van der Waals surface area contributed by atoms with E-state index in [1.165, 1.54) is 10.4 Å². The zero-order valence-corrected chi connectivity index (χ0v) is 17.9. The van der Waals surface area contributed by atoms with Crippen LogP contribution in [0.4, 0.5) is 10.1 Å². The molecule has 0 saturated carbocycles. The molecule has 1 aliphatic heterocycles. The number of nitrogens with zero attached hydrogens (tertiary/aromatic N) is 2. The third-order valence-corrected chi connectivity index (χ3v) is 7.13. The summed E-state index contributed by atoms with van der Waals surface area (Å²) in [6.07, 6.45) is 0. The van der Waals surface area contributed by atoms with Gasteiger partial charge in [0.25, 0.3) is 10.2 Å². The lowest BCUT2D eigenvalue weighted by molar-refractivity contribution is -0.116. The number of aryl methyl sites for hydroxylation is 4. The summed E-state index contributed by atoms with van der Waals surface area (Å²) in [5.74, 6) is -0.923. The molecule has 1 fully saturated rings. The molecule has 0 radical (unpaired) electrons. The van der Waals surface area contributed by atoms with Crippen LogP contribution >= 0.6 is 0 Å². The Morgan fingerprint density at radius 2 is 1.62 bits per heavy atom. The van der Waals surface area contributed by atoms with Gasteiger partial charge in [0.05, 0.1) is 6.54 Å². The Morgan fingerprint density at radius 3 is 2.24 bits per heavy atom. The van der Waals surface area contributed by atoms with Crippen molar-refractivity contribution in [3.63, 3.8) is 0 Å². The summed E-state index contributed by atoms with van der Waals surface area (Å²) in [5.41, 5.74) is 5.00. The minimum Gasteiger partial charge on any atom is -0.325 e. The molecule has 2 aromatic rings. The normalized spacial score (nSPS) is 16.9. The largest absolute Gasteiger partial charge is 0.325 e. The number of amides is 1.